The molecule has 44 heavy (non-hydrogen) atoms. The molecule has 1 aliphatic rings. The van der Waals surface area contributed by atoms with E-state index in [1.165, 1.54) is 24.1 Å². The molecule has 0 saturated heterocycles. The van der Waals surface area contributed by atoms with Gasteiger partial charge in [0.1, 0.15) is 18.0 Å². The largest absolute Gasteiger partial charge is 0.324 e. The number of aromatic nitrogens is 8. The van der Waals surface area contributed by atoms with Crippen LogP contribution in [0.15, 0.2) is 91.3 Å². The Morgan fingerprint density at radius 3 is 2.09 bits per heavy atom. The Hall–Kier alpha value is -5.84. The van der Waals surface area contributed by atoms with Crippen LogP contribution >= 0.6 is 0 Å². The van der Waals surface area contributed by atoms with Gasteiger partial charge < -0.3 is 16.0 Å². The van der Waals surface area contributed by atoms with Crippen molar-refractivity contribution in [2.45, 2.75) is 32.6 Å². The van der Waals surface area contributed by atoms with Crippen molar-refractivity contribution in [1.82, 2.24) is 40.3 Å². The fourth-order valence-electron chi connectivity index (χ4n) is 4.83. The van der Waals surface area contributed by atoms with Gasteiger partial charge >= 0.3 is 0 Å². The van der Waals surface area contributed by atoms with E-state index in [9.17, 15) is 0 Å². The van der Waals surface area contributed by atoms with E-state index in [4.69, 9.17) is 4.98 Å². The second-order valence-corrected chi connectivity index (χ2v) is 10.8. The molecule has 218 valence electrons. The van der Waals surface area contributed by atoms with Crippen molar-refractivity contribution in [1.29, 1.82) is 0 Å². The molecule has 0 unspecified atom stereocenters. The summed E-state index contributed by atoms with van der Waals surface area (Å²) in [6.07, 6.45) is 4.02. The first-order valence-corrected chi connectivity index (χ1v) is 14.5. The Bertz CT molecular complexity index is 2040. The van der Waals surface area contributed by atoms with E-state index < -0.39 is 0 Å². The second-order valence-electron chi connectivity index (χ2n) is 10.8. The van der Waals surface area contributed by atoms with Gasteiger partial charge in [0.05, 0.1) is 11.0 Å². The standard InChI is InChI=1S/C21H20N6.C12H11N5/c1-13-6-10-15(11-7-13)22-21-23-17-5-3-2-4-16(17)20(25-21)24-19-12-18(26-27-19)14-8-9-14;1-8-6-11(17-16-8)15-12-9-4-2-3-5-10(9)13-7-14-12/h2-7,10-12,14H,8-9H2,1H3,(H3,22,23,24,25,26,27);2-7H,1H3,(H2,13,14,15,16,17). The first-order valence-electron chi connectivity index (χ1n) is 14.5. The van der Waals surface area contributed by atoms with E-state index in [-0.39, 0.29) is 0 Å². The van der Waals surface area contributed by atoms with Crippen molar-refractivity contribution in [3.63, 3.8) is 0 Å². The summed E-state index contributed by atoms with van der Waals surface area (Å²) in [4.78, 5) is 17.8. The fraction of sp³-hybridized carbons (Fsp3) is 0.152. The number of benzene rings is 3. The number of anilines is 6. The Morgan fingerprint density at radius 2 is 1.34 bits per heavy atom. The van der Waals surface area contributed by atoms with Gasteiger partial charge in [0, 0.05) is 45.9 Å². The number of H-pyrrole nitrogens is 2. The molecule has 11 heteroatoms. The van der Waals surface area contributed by atoms with E-state index >= 15 is 0 Å². The molecule has 0 radical (unpaired) electrons. The Balaban J connectivity index is 0.000000158. The van der Waals surface area contributed by atoms with E-state index in [2.05, 4.69) is 76.4 Å². The van der Waals surface area contributed by atoms with Crippen LogP contribution in [0.3, 0.4) is 0 Å². The third-order valence-electron chi connectivity index (χ3n) is 7.27. The summed E-state index contributed by atoms with van der Waals surface area (Å²) >= 11 is 0. The molecule has 5 N–H and O–H groups in total. The highest BCUT2D eigenvalue weighted by molar-refractivity contribution is 5.92. The maximum Gasteiger partial charge on any atom is 0.229 e. The highest BCUT2D eigenvalue weighted by atomic mass is 15.2. The zero-order valence-corrected chi connectivity index (χ0v) is 24.3. The second kappa shape index (κ2) is 11.8. The van der Waals surface area contributed by atoms with Gasteiger partial charge in [-0.25, -0.2) is 15.0 Å². The van der Waals surface area contributed by atoms with Crippen molar-refractivity contribution in [3.05, 3.63) is 108 Å². The number of nitrogens with zero attached hydrogens (tertiary/aromatic N) is 6. The third-order valence-corrected chi connectivity index (χ3v) is 7.27. The van der Waals surface area contributed by atoms with Crippen LogP contribution in [0.2, 0.25) is 0 Å². The predicted octanol–water partition coefficient (Wildman–Crippen LogP) is 7.43. The lowest BCUT2D eigenvalue weighted by atomic mass is 10.2. The zero-order chi connectivity index (χ0) is 29.9. The molecular weight excluding hydrogens is 550 g/mol. The van der Waals surface area contributed by atoms with Gasteiger partial charge in [-0.1, -0.05) is 42.0 Å². The molecule has 11 nitrogen and oxygen atoms in total. The van der Waals surface area contributed by atoms with Crippen LogP contribution in [0.4, 0.5) is 34.9 Å². The fourth-order valence-corrected chi connectivity index (χ4v) is 4.83. The van der Waals surface area contributed by atoms with Crippen LogP contribution in [-0.2, 0) is 0 Å². The van der Waals surface area contributed by atoms with Crippen molar-refractivity contribution in [2.24, 2.45) is 0 Å². The molecule has 4 heterocycles. The van der Waals surface area contributed by atoms with Crippen LogP contribution in [0, 0.1) is 13.8 Å². The number of nitrogens with one attached hydrogen (secondary N) is 5. The zero-order valence-electron chi connectivity index (χ0n) is 24.3. The Morgan fingerprint density at radius 1 is 0.659 bits per heavy atom. The molecule has 0 aliphatic heterocycles. The minimum Gasteiger partial charge on any atom is -0.324 e. The van der Waals surface area contributed by atoms with E-state index in [1.807, 2.05) is 73.7 Å². The molecule has 0 amide bonds. The molecule has 4 aromatic heterocycles. The molecule has 3 aromatic carbocycles. The summed E-state index contributed by atoms with van der Waals surface area (Å²) < 4.78 is 0. The van der Waals surface area contributed by atoms with Crippen LogP contribution in [-0.4, -0.2) is 40.3 Å². The van der Waals surface area contributed by atoms with Crippen molar-refractivity contribution >= 4 is 56.7 Å². The molecule has 0 atom stereocenters. The molecule has 7 aromatic rings. The highest BCUT2D eigenvalue weighted by Gasteiger charge is 2.25. The van der Waals surface area contributed by atoms with Crippen LogP contribution in [0.5, 0.6) is 0 Å². The minimum absolute atomic E-state index is 0.554. The summed E-state index contributed by atoms with van der Waals surface area (Å²) in [5, 5.41) is 26.3. The SMILES string of the molecule is Cc1cc(Nc2ncnc3ccccc23)n[nH]1.Cc1ccc(Nc2nc(Nc3cc(C4CC4)[nH]n3)c3ccccc3n2)cc1. The number of rotatable bonds is 7. The van der Waals surface area contributed by atoms with Crippen molar-refractivity contribution in [2.75, 3.05) is 16.0 Å². The number of fused-ring (bicyclic) bond motifs is 2. The van der Waals surface area contributed by atoms with Crippen LogP contribution in [0.25, 0.3) is 21.8 Å². The number of hydrogen-bond donors (Lipinski definition) is 5. The van der Waals surface area contributed by atoms with Gasteiger partial charge in [-0.05, 0) is 63.1 Å². The van der Waals surface area contributed by atoms with Gasteiger partial charge in [0.2, 0.25) is 5.95 Å². The summed E-state index contributed by atoms with van der Waals surface area (Å²) in [6, 6.07) is 28.0. The third kappa shape index (κ3) is 6.16. The summed E-state index contributed by atoms with van der Waals surface area (Å²) in [7, 11) is 0. The van der Waals surface area contributed by atoms with E-state index in [1.54, 1.807) is 6.33 Å². The quantitative estimate of drug-likeness (QED) is 0.130. The molecule has 0 bridgehead atoms. The van der Waals surface area contributed by atoms with Crippen LogP contribution in [0.1, 0.15) is 35.7 Å². The molecular formula is C33H31N11. The lowest BCUT2D eigenvalue weighted by Crippen LogP contribution is -2.02. The first kappa shape index (κ1) is 27.0. The van der Waals surface area contributed by atoms with Gasteiger partial charge in [-0.3, -0.25) is 10.2 Å². The molecule has 1 saturated carbocycles. The van der Waals surface area contributed by atoms with Crippen LogP contribution < -0.4 is 16.0 Å². The van der Waals surface area contributed by atoms with Gasteiger partial charge in [-0.2, -0.15) is 15.2 Å². The minimum atomic E-state index is 0.554. The lowest BCUT2D eigenvalue weighted by molar-refractivity contribution is 0.966. The average Bonchev–Trinajstić information content (AvgIpc) is 3.66. The van der Waals surface area contributed by atoms with E-state index in [0.717, 1.165) is 56.5 Å². The number of hydrogen-bond acceptors (Lipinski definition) is 9. The number of aryl methyl sites for hydroxylation is 2. The molecule has 1 aliphatic carbocycles. The van der Waals surface area contributed by atoms with E-state index in [0.29, 0.717) is 11.9 Å². The lowest BCUT2D eigenvalue weighted by Gasteiger charge is -2.11. The van der Waals surface area contributed by atoms with Gasteiger partial charge in [0.25, 0.3) is 0 Å². The first-order chi connectivity index (χ1) is 21.6. The van der Waals surface area contributed by atoms with Gasteiger partial charge in [-0.15, -0.1) is 0 Å². The number of para-hydroxylation sites is 2. The van der Waals surface area contributed by atoms with Crippen molar-refractivity contribution in [3.8, 4) is 0 Å². The van der Waals surface area contributed by atoms with Crippen molar-refractivity contribution < 1.29 is 0 Å². The molecule has 8 rings (SSSR count). The monoisotopic (exact) mass is 581 g/mol. The van der Waals surface area contributed by atoms with Gasteiger partial charge in [0.15, 0.2) is 11.6 Å². The summed E-state index contributed by atoms with van der Waals surface area (Å²) in [5.74, 6) is 4.23. The predicted molar refractivity (Wildman–Crippen MR) is 174 cm³/mol. The summed E-state index contributed by atoms with van der Waals surface area (Å²) in [6.45, 7) is 4.02. The maximum absolute atomic E-state index is 4.70. The topological polar surface area (TPSA) is 145 Å². The summed E-state index contributed by atoms with van der Waals surface area (Å²) in [5.41, 5.74) is 6.16. The Kier molecular flexibility index (Phi) is 7.25. The molecule has 1 fully saturated rings. The average molecular weight is 582 g/mol. The molecule has 0 spiro atoms. The maximum atomic E-state index is 4.70. The normalized spacial score (nSPS) is 12.5. The smallest absolute Gasteiger partial charge is 0.229 e. The highest BCUT2D eigenvalue weighted by Crippen LogP contribution is 2.40. The Labute approximate surface area is 253 Å². The number of aromatic amines is 2.